The van der Waals surface area contributed by atoms with Crippen LogP contribution in [-0.2, 0) is 9.47 Å². The molecule has 1 aromatic rings. The molecule has 26 heavy (non-hydrogen) atoms. The van der Waals surface area contributed by atoms with Gasteiger partial charge in [-0.1, -0.05) is 0 Å². The number of nitrogens with two attached hydrogens (primary N) is 1. The van der Waals surface area contributed by atoms with Gasteiger partial charge in [0.25, 0.3) is 0 Å². The number of nitrogens with zero attached hydrogens (tertiary/aromatic N) is 2. The standard InChI is InChI=1S/C19H29N3O4/c1-6-25-17(23)15-11-14(20)7-8-16(15)21-9-10-22(13(2)12-21)18(24)26-19(3,4)5/h7-8,11,13H,6,9-10,12,20H2,1-5H3/t13-/m1/s1. The van der Waals surface area contributed by atoms with Gasteiger partial charge in [-0.05, 0) is 52.8 Å². The number of carbonyl (C=O) groups is 2. The Morgan fingerprint density at radius 3 is 2.54 bits per heavy atom. The molecule has 0 aliphatic carbocycles. The summed E-state index contributed by atoms with van der Waals surface area (Å²) >= 11 is 0. The highest BCUT2D eigenvalue weighted by atomic mass is 16.6. The lowest BCUT2D eigenvalue weighted by Gasteiger charge is -2.41. The second-order valence-electron chi connectivity index (χ2n) is 7.47. The van der Waals surface area contributed by atoms with Gasteiger partial charge < -0.3 is 25.0 Å². The summed E-state index contributed by atoms with van der Waals surface area (Å²) in [6.45, 7) is 11.3. The fourth-order valence-corrected chi connectivity index (χ4v) is 2.97. The quantitative estimate of drug-likeness (QED) is 0.656. The van der Waals surface area contributed by atoms with Crippen molar-refractivity contribution in [3.8, 4) is 0 Å². The Labute approximate surface area is 155 Å². The molecule has 144 valence electrons. The van der Waals surface area contributed by atoms with Crippen LogP contribution in [0.15, 0.2) is 18.2 Å². The Morgan fingerprint density at radius 1 is 1.27 bits per heavy atom. The lowest BCUT2D eigenvalue weighted by molar-refractivity contribution is 0.0158. The first-order valence-corrected chi connectivity index (χ1v) is 8.93. The van der Waals surface area contributed by atoms with Gasteiger partial charge in [-0.3, -0.25) is 0 Å². The summed E-state index contributed by atoms with van der Waals surface area (Å²) in [5.41, 5.74) is 7.05. The van der Waals surface area contributed by atoms with Crippen LogP contribution in [0.2, 0.25) is 0 Å². The summed E-state index contributed by atoms with van der Waals surface area (Å²) < 4.78 is 10.6. The summed E-state index contributed by atoms with van der Waals surface area (Å²) in [6, 6.07) is 5.18. The van der Waals surface area contributed by atoms with E-state index >= 15 is 0 Å². The van der Waals surface area contributed by atoms with Crippen molar-refractivity contribution >= 4 is 23.4 Å². The van der Waals surface area contributed by atoms with Crippen LogP contribution in [0.25, 0.3) is 0 Å². The van der Waals surface area contributed by atoms with Crippen molar-refractivity contribution in [3.05, 3.63) is 23.8 Å². The van der Waals surface area contributed by atoms with Gasteiger partial charge in [0.15, 0.2) is 0 Å². The van der Waals surface area contributed by atoms with Crippen LogP contribution in [0, 0.1) is 0 Å². The lowest BCUT2D eigenvalue weighted by atomic mass is 10.1. The van der Waals surface area contributed by atoms with Crippen LogP contribution >= 0.6 is 0 Å². The van der Waals surface area contributed by atoms with E-state index < -0.39 is 11.6 Å². The molecule has 0 saturated carbocycles. The van der Waals surface area contributed by atoms with E-state index in [9.17, 15) is 9.59 Å². The normalized spacial score (nSPS) is 17.8. The van der Waals surface area contributed by atoms with Crippen molar-refractivity contribution in [3.63, 3.8) is 0 Å². The SMILES string of the molecule is CCOC(=O)c1cc(N)ccc1N1CCN(C(=O)OC(C)(C)C)[C@H](C)C1. The highest BCUT2D eigenvalue weighted by molar-refractivity contribution is 5.97. The van der Waals surface area contributed by atoms with Crippen molar-refractivity contribution in [1.29, 1.82) is 0 Å². The first kappa shape index (κ1) is 19.9. The number of benzene rings is 1. The number of anilines is 2. The van der Waals surface area contributed by atoms with Crippen LogP contribution in [0.4, 0.5) is 16.2 Å². The van der Waals surface area contributed by atoms with Gasteiger partial charge in [0.1, 0.15) is 5.60 Å². The Kier molecular flexibility index (Phi) is 6.00. The van der Waals surface area contributed by atoms with E-state index in [1.807, 2.05) is 33.8 Å². The van der Waals surface area contributed by atoms with Crippen LogP contribution in [0.3, 0.4) is 0 Å². The number of esters is 1. The van der Waals surface area contributed by atoms with E-state index in [1.165, 1.54) is 0 Å². The van der Waals surface area contributed by atoms with Crippen molar-refractivity contribution in [2.75, 3.05) is 36.9 Å². The van der Waals surface area contributed by atoms with Gasteiger partial charge in [0.05, 0.1) is 17.9 Å². The molecular formula is C19H29N3O4. The highest BCUT2D eigenvalue weighted by Crippen LogP contribution is 2.27. The fourth-order valence-electron chi connectivity index (χ4n) is 2.97. The molecule has 1 fully saturated rings. The van der Waals surface area contributed by atoms with E-state index in [-0.39, 0.29) is 12.1 Å². The van der Waals surface area contributed by atoms with Crippen molar-refractivity contribution in [2.24, 2.45) is 0 Å². The average Bonchev–Trinajstić information content (AvgIpc) is 2.53. The third-order valence-electron chi connectivity index (χ3n) is 4.11. The van der Waals surface area contributed by atoms with Gasteiger partial charge in [-0.2, -0.15) is 0 Å². The molecule has 0 aromatic heterocycles. The molecule has 1 heterocycles. The molecule has 2 N–H and O–H groups in total. The maximum atomic E-state index is 12.4. The maximum absolute atomic E-state index is 12.4. The second kappa shape index (κ2) is 7.85. The van der Waals surface area contributed by atoms with Crippen LogP contribution in [0.5, 0.6) is 0 Å². The first-order chi connectivity index (χ1) is 12.1. The number of amides is 1. The maximum Gasteiger partial charge on any atom is 0.410 e. The largest absolute Gasteiger partial charge is 0.462 e. The first-order valence-electron chi connectivity index (χ1n) is 8.93. The molecule has 1 aliphatic heterocycles. The molecular weight excluding hydrogens is 334 g/mol. The smallest absolute Gasteiger partial charge is 0.410 e. The molecule has 1 aromatic carbocycles. The van der Waals surface area contributed by atoms with Crippen LogP contribution in [0.1, 0.15) is 45.0 Å². The number of rotatable bonds is 3. The summed E-state index contributed by atoms with van der Waals surface area (Å²) in [5, 5.41) is 0. The van der Waals surface area contributed by atoms with Gasteiger partial charge >= 0.3 is 12.1 Å². The summed E-state index contributed by atoms with van der Waals surface area (Å²) in [4.78, 5) is 28.5. The predicted octanol–water partition coefficient (Wildman–Crippen LogP) is 2.89. The van der Waals surface area contributed by atoms with Crippen LogP contribution in [-0.4, -0.2) is 54.8 Å². The summed E-state index contributed by atoms with van der Waals surface area (Å²) in [7, 11) is 0. The molecule has 1 saturated heterocycles. The molecule has 0 unspecified atom stereocenters. The molecule has 1 atom stereocenters. The number of ether oxygens (including phenoxy) is 2. The predicted molar refractivity (Wildman–Crippen MR) is 101 cm³/mol. The van der Waals surface area contributed by atoms with Crippen molar-refractivity contribution < 1.29 is 19.1 Å². The van der Waals surface area contributed by atoms with Gasteiger partial charge in [0.2, 0.25) is 0 Å². The zero-order chi connectivity index (χ0) is 19.5. The minimum absolute atomic E-state index is 0.0498. The number of nitrogen functional groups attached to an aromatic ring is 1. The Hall–Kier alpha value is -2.44. The molecule has 7 heteroatoms. The van der Waals surface area contributed by atoms with E-state index in [2.05, 4.69) is 4.90 Å². The van der Waals surface area contributed by atoms with Crippen LogP contribution < -0.4 is 10.6 Å². The van der Waals surface area contributed by atoms with E-state index in [4.69, 9.17) is 15.2 Å². The highest BCUT2D eigenvalue weighted by Gasteiger charge is 2.32. The third kappa shape index (κ3) is 4.80. The van der Waals surface area contributed by atoms with Gasteiger partial charge in [0, 0.05) is 31.4 Å². The molecule has 7 nitrogen and oxygen atoms in total. The van der Waals surface area contributed by atoms with E-state index in [1.54, 1.807) is 24.0 Å². The van der Waals surface area contributed by atoms with Gasteiger partial charge in [-0.25, -0.2) is 9.59 Å². The monoisotopic (exact) mass is 363 g/mol. The minimum atomic E-state index is -0.526. The third-order valence-corrected chi connectivity index (χ3v) is 4.11. The fraction of sp³-hybridized carbons (Fsp3) is 0.579. The zero-order valence-electron chi connectivity index (χ0n) is 16.2. The molecule has 0 bridgehead atoms. The molecule has 1 amide bonds. The number of hydrogen-bond acceptors (Lipinski definition) is 6. The van der Waals surface area contributed by atoms with E-state index in [0.29, 0.717) is 37.5 Å². The molecule has 0 spiro atoms. The molecule has 0 radical (unpaired) electrons. The topological polar surface area (TPSA) is 85.1 Å². The summed E-state index contributed by atoms with van der Waals surface area (Å²) in [6.07, 6.45) is -0.312. The zero-order valence-corrected chi connectivity index (χ0v) is 16.2. The Morgan fingerprint density at radius 2 is 1.96 bits per heavy atom. The van der Waals surface area contributed by atoms with E-state index in [0.717, 1.165) is 5.69 Å². The average molecular weight is 363 g/mol. The number of piperazine rings is 1. The Bertz CT molecular complexity index is 669. The van der Waals surface area contributed by atoms with Gasteiger partial charge in [-0.15, -0.1) is 0 Å². The lowest BCUT2D eigenvalue weighted by Crippen LogP contribution is -2.55. The van der Waals surface area contributed by atoms with Crippen molar-refractivity contribution in [1.82, 2.24) is 4.90 Å². The molecule has 1 aliphatic rings. The Balaban J connectivity index is 2.16. The minimum Gasteiger partial charge on any atom is -0.462 e. The number of carbonyl (C=O) groups excluding carboxylic acids is 2. The second-order valence-corrected chi connectivity index (χ2v) is 7.47. The molecule has 2 rings (SSSR count). The van der Waals surface area contributed by atoms with Crippen molar-refractivity contribution in [2.45, 2.75) is 46.3 Å². The summed E-state index contributed by atoms with van der Waals surface area (Å²) in [5.74, 6) is -0.392. The number of hydrogen-bond donors (Lipinski definition) is 1.